The van der Waals surface area contributed by atoms with Crippen LogP contribution in [0.2, 0.25) is 0 Å². The highest BCUT2D eigenvalue weighted by Gasteiger charge is 2.20. The summed E-state index contributed by atoms with van der Waals surface area (Å²) in [6, 6.07) is 22.2. The van der Waals surface area contributed by atoms with Gasteiger partial charge in [-0.15, -0.1) is 5.10 Å². The fraction of sp³-hybridized carbons (Fsp3) is 0.161. The molecule has 210 valence electrons. The van der Waals surface area contributed by atoms with Crippen molar-refractivity contribution in [3.63, 3.8) is 0 Å². The zero-order chi connectivity index (χ0) is 29.6. The number of methoxy groups -OCH3 is 1. The van der Waals surface area contributed by atoms with Crippen LogP contribution >= 0.6 is 11.3 Å². The molecule has 0 unspecified atom stereocenters. The van der Waals surface area contributed by atoms with E-state index in [1.807, 2.05) is 42.5 Å². The van der Waals surface area contributed by atoms with Crippen molar-refractivity contribution in [1.29, 1.82) is 0 Å². The van der Waals surface area contributed by atoms with Crippen LogP contribution in [0.4, 0.5) is 5.69 Å². The summed E-state index contributed by atoms with van der Waals surface area (Å²) in [7, 11) is 1.38. The van der Waals surface area contributed by atoms with Crippen molar-refractivity contribution < 1.29 is 9.66 Å². The molecule has 0 radical (unpaired) electrons. The Balaban J connectivity index is 1.46. The summed E-state index contributed by atoms with van der Waals surface area (Å²) in [6.07, 6.45) is 3.51. The van der Waals surface area contributed by atoms with Crippen LogP contribution in [0.5, 0.6) is 5.75 Å². The molecule has 0 bridgehead atoms. The number of ether oxygens (including phenoxy) is 1. The number of rotatable bonds is 6. The largest absolute Gasteiger partial charge is 0.490 e. The van der Waals surface area contributed by atoms with Gasteiger partial charge in [-0.05, 0) is 41.3 Å². The summed E-state index contributed by atoms with van der Waals surface area (Å²) in [5, 5.41) is 20.9. The van der Waals surface area contributed by atoms with Crippen LogP contribution in [0.3, 0.4) is 0 Å². The zero-order valence-electron chi connectivity index (χ0n) is 23.3. The number of para-hydroxylation sites is 1. The Hall–Kier alpha value is -5.16. The lowest BCUT2D eigenvalue weighted by molar-refractivity contribution is -0.385. The molecule has 0 aliphatic carbocycles. The fourth-order valence-electron chi connectivity index (χ4n) is 4.63. The second-order valence-electron chi connectivity index (χ2n) is 10.7. The number of aromatic nitrogens is 5. The van der Waals surface area contributed by atoms with Crippen molar-refractivity contribution in [2.45, 2.75) is 26.2 Å². The van der Waals surface area contributed by atoms with Gasteiger partial charge in [0.2, 0.25) is 4.96 Å². The first kappa shape index (κ1) is 27.0. The third-order valence-electron chi connectivity index (χ3n) is 6.89. The molecule has 0 saturated heterocycles. The lowest BCUT2D eigenvalue weighted by Gasteiger charge is -2.18. The molecule has 0 N–H and O–H groups in total. The quantitative estimate of drug-likeness (QED) is 0.191. The predicted octanol–water partition coefficient (Wildman–Crippen LogP) is 5.43. The maximum atomic E-state index is 13.4. The van der Waals surface area contributed by atoms with Crippen molar-refractivity contribution in [3.05, 3.63) is 115 Å². The molecule has 6 rings (SSSR count). The van der Waals surface area contributed by atoms with Gasteiger partial charge in [-0.25, -0.2) is 4.68 Å². The van der Waals surface area contributed by atoms with E-state index in [1.165, 1.54) is 40.7 Å². The third kappa shape index (κ3) is 4.94. The van der Waals surface area contributed by atoms with Gasteiger partial charge in [0, 0.05) is 29.0 Å². The Kier molecular flexibility index (Phi) is 6.66. The van der Waals surface area contributed by atoms with Crippen molar-refractivity contribution in [1.82, 2.24) is 24.4 Å². The van der Waals surface area contributed by atoms with E-state index in [9.17, 15) is 14.9 Å². The van der Waals surface area contributed by atoms with E-state index in [0.717, 1.165) is 11.3 Å². The van der Waals surface area contributed by atoms with Crippen LogP contribution in [0.15, 0.2) is 83.8 Å². The monoisotopic (exact) mass is 578 g/mol. The van der Waals surface area contributed by atoms with Crippen LogP contribution in [0, 0.1) is 10.1 Å². The van der Waals surface area contributed by atoms with Crippen LogP contribution in [0.25, 0.3) is 39.4 Å². The molecule has 6 aromatic rings. The molecule has 0 spiro atoms. The maximum absolute atomic E-state index is 13.4. The first-order chi connectivity index (χ1) is 20.1. The molecule has 0 saturated carbocycles. The van der Waals surface area contributed by atoms with E-state index >= 15 is 0 Å². The van der Waals surface area contributed by atoms with E-state index in [1.54, 1.807) is 23.0 Å². The Morgan fingerprint density at radius 3 is 2.33 bits per heavy atom. The molecule has 42 heavy (non-hydrogen) atoms. The van der Waals surface area contributed by atoms with Gasteiger partial charge >= 0.3 is 5.69 Å². The number of hydrogen-bond acceptors (Lipinski definition) is 8. The minimum absolute atomic E-state index is 0.0251. The predicted molar refractivity (Wildman–Crippen MR) is 162 cm³/mol. The first-order valence-corrected chi connectivity index (χ1v) is 13.9. The Labute approximate surface area is 244 Å². The molecular formula is C31H26N6O4S. The molecule has 0 aliphatic rings. The van der Waals surface area contributed by atoms with E-state index in [-0.39, 0.29) is 22.4 Å². The summed E-state index contributed by atoms with van der Waals surface area (Å²) in [6.45, 7) is 6.46. The Morgan fingerprint density at radius 1 is 0.976 bits per heavy atom. The van der Waals surface area contributed by atoms with Crippen LogP contribution < -0.4 is 14.8 Å². The standard InChI is InChI=1S/C31H26N6O4S/c1-31(2,3)22-13-10-19(11-14-22)28-32-30-36(34-28)29(38)26(42-30)17-21-18-35(23-8-6-5-7-9-23)33-27(21)20-12-15-25(41-4)24(16-20)37(39)40/h5-18H,1-4H3/b26-17+. The molecule has 0 aliphatic heterocycles. The molecular weight excluding hydrogens is 552 g/mol. The summed E-state index contributed by atoms with van der Waals surface area (Å²) >= 11 is 1.22. The van der Waals surface area contributed by atoms with Gasteiger partial charge in [-0.3, -0.25) is 14.9 Å². The van der Waals surface area contributed by atoms with Gasteiger partial charge in [-0.1, -0.05) is 74.6 Å². The van der Waals surface area contributed by atoms with E-state index in [0.29, 0.717) is 32.1 Å². The number of fused-ring (bicyclic) bond motifs is 1. The van der Waals surface area contributed by atoms with Gasteiger partial charge in [0.15, 0.2) is 11.6 Å². The molecule has 3 aromatic heterocycles. The average molecular weight is 579 g/mol. The molecule has 0 amide bonds. The molecule has 0 atom stereocenters. The second kappa shape index (κ2) is 10.3. The van der Waals surface area contributed by atoms with Crippen LogP contribution in [-0.4, -0.2) is 36.4 Å². The Bertz CT molecular complexity index is 2050. The lowest BCUT2D eigenvalue weighted by Crippen LogP contribution is -2.23. The van der Waals surface area contributed by atoms with E-state index in [2.05, 4.69) is 43.0 Å². The number of nitro benzene ring substituents is 1. The van der Waals surface area contributed by atoms with Crippen molar-refractivity contribution in [3.8, 4) is 34.1 Å². The first-order valence-electron chi connectivity index (χ1n) is 13.1. The summed E-state index contributed by atoms with van der Waals surface area (Å²) in [5.74, 6) is 0.626. The number of hydrogen-bond donors (Lipinski definition) is 0. The van der Waals surface area contributed by atoms with Gasteiger partial charge in [-0.2, -0.15) is 14.6 Å². The summed E-state index contributed by atoms with van der Waals surface area (Å²) in [4.78, 5) is 29.7. The van der Waals surface area contributed by atoms with E-state index < -0.39 is 4.92 Å². The number of nitrogens with zero attached hydrogens (tertiary/aromatic N) is 6. The zero-order valence-corrected chi connectivity index (χ0v) is 24.1. The molecule has 3 heterocycles. The second-order valence-corrected chi connectivity index (χ2v) is 11.7. The Morgan fingerprint density at radius 2 is 1.69 bits per heavy atom. The van der Waals surface area contributed by atoms with Crippen molar-refractivity contribution in [2.24, 2.45) is 0 Å². The fourth-order valence-corrected chi connectivity index (χ4v) is 5.53. The maximum Gasteiger partial charge on any atom is 0.311 e. The van der Waals surface area contributed by atoms with Crippen molar-refractivity contribution in [2.75, 3.05) is 7.11 Å². The highest BCUT2D eigenvalue weighted by molar-refractivity contribution is 7.15. The average Bonchev–Trinajstić information content (AvgIpc) is 3.68. The highest BCUT2D eigenvalue weighted by Crippen LogP contribution is 2.33. The van der Waals surface area contributed by atoms with Gasteiger partial charge < -0.3 is 4.74 Å². The molecule has 10 nitrogen and oxygen atoms in total. The topological polar surface area (TPSA) is 117 Å². The van der Waals surface area contributed by atoms with Gasteiger partial charge in [0.25, 0.3) is 5.56 Å². The number of thiazole rings is 1. The molecule has 11 heteroatoms. The van der Waals surface area contributed by atoms with Crippen molar-refractivity contribution >= 4 is 28.1 Å². The van der Waals surface area contributed by atoms with Crippen LogP contribution in [0.1, 0.15) is 31.9 Å². The highest BCUT2D eigenvalue weighted by atomic mass is 32.1. The molecule has 0 fully saturated rings. The van der Waals surface area contributed by atoms with E-state index in [4.69, 9.17) is 9.84 Å². The third-order valence-corrected chi connectivity index (χ3v) is 7.85. The minimum atomic E-state index is -0.496. The normalized spacial score (nSPS) is 12.2. The van der Waals surface area contributed by atoms with Crippen LogP contribution in [-0.2, 0) is 5.41 Å². The lowest BCUT2D eigenvalue weighted by atomic mass is 9.87. The number of benzene rings is 3. The van der Waals surface area contributed by atoms with Gasteiger partial charge in [0.1, 0.15) is 5.69 Å². The summed E-state index contributed by atoms with van der Waals surface area (Å²) < 4.78 is 8.57. The minimum Gasteiger partial charge on any atom is -0.490 e. The summed E-state index contributed by atoms with van der Waals surface area (Å²) in [5.41, 5.74) is 3.96. The molecule has 3 aromatic carbocycles. The number of nitro groups is 1. The van der Waals surface area contributed by atoms with Gasteiger partial charge in [0.05, 0.1) is 22.3 Å². The SMILES string of the molecule is COc1ccc(-c2nn(-c3ccccc3)cc2/C=c2/sc3nc(-c4ccc(C(C)(C)C)cc4)nn3c2=O)cc1[N+](=O)[O-]. The smallest absolute Gasteiger partial charge is 0.311 e.